The summed E-state index contributed by atoms with van der Waals surface area (Å²) in [5, 5.41) is 0. The zero-order valence-corrected chi connectivity index (χ0v) is 33.3. The van der Waals surface area contributed by atoms with Gasteiger partial charge in [-0.3, -0.25) is 14.6 Å². The summed E-state index contributed by atoms with van der Waals surface area (Å²) in [6, 6.07) is 18.8. The topological polar surface area (TPSA) is 136 Å². The molecular weight excluding hydrogens is 683 g/mol. The highest BCUT2D eigenvalue weighted by Gasteiger charge is 2.62. The molecule has 1 aromatic heterocycles. The molecule has 1 aliphatic heterocycles. The van der Waals surface area contributed by atoms with E-state index in [0.717, 1.165) is 18.4 Å². The van der Waals surface area contributed by atoms with Crippen molar-refractivity contribution in [3.63, 3.8) is 0 Å². The predicted molar refractivity (Wildman–Crippen MR) is 208 cm³/mol. The molecule has 2 unspecified atom stereocenters. The number of nitrogens with zero attached hydrogens (tertiary/aromatic N) is 1. The summed E-state index contributed by atoms with van der Waals surface area (Å²) in [6.07, 6.45) is 2.16. The van der Waals surface area contributed by atoms with E-state index in [4.69, 9.17) is 29.3 Å². The van der Waals surface area contributed by atoms with E-state index in [0.29, 0.717) is 40.6 Å². The number of hydrogen-bond acceptors (Lipinski definition) is 10. The molecule has 10 nitrogen and oxygen atoms in total. The average molecular weight is 741 g/mol. The highest BCUT2D eigenvalue weighted by atomic mass is 16.7. The summed E-state index contributed by atoms with van der Waals surface area (Å²) in [4.78, 5) is 44.6. The molecule has 0 amide bonds. The number of methoxy groups -OCH3 is 1. The van der Waals surface area contributed by atoms with Crippen molar-refractivity contribution in [3.8, 4) is 5.75 Å². The number of rotatable bonds is 15. The molecule has 54 heavy (non-hydrogen) atoms. The Morgan fingerprint density at radius 1 is 1.02 bits per heavy atom. The number of ketones is 1. The van der Waals surface area contributed by atoms with Gasteiger partial charge in [0.2, 0.25) is 0 Å². The van der Waals surface area contributed by atoms with Crippen LogP contribution in [0.2, 0.25) is 5.82 Å². The van der Waals surface area contributed by atoms with E-state index in [2.05, 4.69) is 32.7 Å². The van der Waals surface area contributed by atoms with E-state index in [1.807, 2.05) is 64.1 Å². The first-order chi connectivity index (χ1) is 25.5. The Hall–Kier alpha value is -4.06. The van der Waals surface area contributed by atoms with Crippen LogP contribution in [0, 0.1) is 17.3 Å². The van der Waals surface area contributed by atoms with Crippen LogP contribution in [0.3, 0.4) is 0 Å². The number of hydrogen-bond donors (Lipinski definition) is 1. The molecular formula is C43H57BN2O8. The summed E-state index contributed by atoms with van der Waals surface area (Å²) < 4.78 is 30.5. The third kappa shape index (κ3) is 9.24. The Labute approximate surface area is 321 Å². The van der Waals surface area contributed by atoms with Crippen molar-refractivity contribution in [2.45, 2.75) is 123 Å². The van der Waals surface area contributed by atoms with Crippen LogP contribution in [0.25, 0.3) is 0 Å². The zero-order chi connectivity index (χ0) is 39.4. The summed E-state index contributed by atoms with van der Waals surface area (Å²) in [6.45, 7) is 16.6. The molecule has 2 heterocycles. The maximum Gasteiger partial charge on any atom is 0.461 e. The molecule has 2 N–H and O–H groups in total. The Kier molecular flexibility index (Phi) is 12.8. The first-order valence-electron chi connectivity index (χ1n) is 19.1. The minimum Gasteiger partial charge on any atom is -0.496 e. The molecule has 0 radical (unpaired) electrons. The van der Waals surface area contributed by atoms with Crippen molar-refractivity contribution >= 4 is 24.8 Å². The van der Waals surface area contributed by atoms with Crippen molar-refractivity contribution in [2.75, 3.05) is 7.11 Å². The third-order valence-electron chi connectivity index (χ3n) is 11.5. The number of para-hydroxylation sites is 1. The standard InChI is InChI=1S/C43H57BN2O8/c1-10-30-23-36(42(30,6)7)43(8)27(2)53-44(54-43)31(22-29-18-14-20-33(39(29)50-9)40(49)52-41(3,4)5)24-35(47)38(45)34-21-15-19-32(46-34)25-37(48)51-26-28-16-12-11-13-17-28/h11-21,27,30-31,36,38H,10,22-26,45H2,1-9H3/t27?,30-,31+,36-,38?,43+/m0/s1. The Bertz CT molecular complexity index is 1790. The first-order valence-corrected chi connectivity index (χ1v) is 19.1. The van der Waals surface area contributed by atoms with E-state index >= 15 is 0 Å². The Morgan fingerprint density at radius 3 is 2.37 bits per heavy atom. The number of aromatic nitrogens is 1. The fourth-order valence-electron chi connectivity index (χ4n) is 8.25. The molecule has 3 aromatic rings. The predicted octanol–water partition coefficient (Wildman–Crippen LogP) is 7.66. The summed E-state index contributed by atoms with van der Waals surface area (Å²) >= 11 is 0. The number of nitrogens with two attached hydrogens (primary N) is 1. The van der Waals surface area contributed by atoms with E-state index in [1.165, 1.54) is 7.11 Å². The molecule has 11 heteroatoms. The smallest absolute Gasteiger partial charge is 0.461 e. The van der Waals surface area contributed by atoms with Crippen LogP contribution < -0.4 is 10.5 Å². The number of carbonyl (C=O) groups excluding carboxylic acids is 3. The van der Waals surface area contributed by atoms with Crippen molar-refractivity contribution < 1.29 is 37.9 Å². The van der Waals surface area contributed by atoms with Crippen LogP contribution in [0.1, 0.15) is 114 Å². The lowest BCUT2D eigenvalue weighted by atomic mass is 9.49. The van der Waals surface area contributed by atoms with Gasteiger partial charge in [0.15, 0.2) is 5.78 Å². The molecule has 1 saturated carbocycles. The van der Waals surface area contributed by atoms with Gasteiger partial charge in [0.25, 0.3) is 0 Å². The number of esters is 2. The van der Waals surface area contributed by atoms with Crippen molar-refractivity contribution in [1.82, 2.24) is 4.98 Å². The molecule has 1 saturated heterocycles. The number of Topliss-reactive ketones (excluding diaryl/α,β-unsaturated/α-hetero) is 1. The van der Waals surface area contributed by atoms with Crippen LogP contribution in [-0.4, -0.2) is 54.2 Å². The summed E-state index contributed by atoms with van der Waals surface area (Å²) in [5.74, 6) is -0.444. The lowest BCUT2D eigenvalue weighted by molar-refractivity contribution is -0.144. The van der Waals surface area contributed by atoms with Gasteiger partial charge in [-0.25, -0.2) is 4.79 Å². The van der Waals surface area contributed by atoms with Crippen LogP contribution in [0.5, 0.6) is 5.75 Å². The minimum atomic E-state index is -1.07. The number of benzene rings is 2. The quantitative estimate of drug-likeness (QED) is 0.122. The van der Waals surface area contributed by atoms with Gasteiger partial charge in [-0.1, -0.05) is 75.7 Å². The fraction of sp³-hybridized carbons (Fsp3) is 0.535. The molecule has 0 spiro atoms. The lowest BCUT2D eigenvalue weighted by Crippen LogP contribution is -2.59. The van der Waals surface area contributed by atoms with E-state index < -0.39 is 42.1 Å². The summed E-state index contributed by atoms with van der Waals surface area (Å²) in [5.41, 5.74) is 8.12. The van der Waals surface area contributed by atoms with Crippen molar-refractivity contribution in [3.05, 3.63) is 94.8 Å². The van der Waals surface area contributed by atoms with Gasteiger partial charge in [-0.2, -0.15) is 0 Å². The average Bonchev–Trinajstić information content (AvgIpc) is 3.42. The number of carbonyl (C=O) groups is 3. The SMILES string of the molecule is CC[C@H]1C[C@H]([C@]2(C)OB([C@@H](CC(=O)C(N)c3cccc(CC(=O)OCc4ccccc4)n3)Cc3cccc(C(=O)OC(C)(C)C)c3OC)OC2C)C1(C)C. The molecule has 2 aliphatic rings. The highest BCUT2D eigenvalue weighted by molar-refractivity contribution is 6.48. The third-order valence-corrected chi connectivity index (χ3v) is 11.5. The van der Waals surface area contributed by atoms with E-state index in [1.54, 1.807) is 30.3 Å². The van der Waals surface area contributed by atoms with Gasteiger partial charge in [-0.05, 0) is 94.0 Å². The largest absolute Gasteiger partial charge is 0.496 e. The fourth-order valence-corrected chi connectivity index (χ4v) is 8.25. The van der Waals surface area contributed by atoms with Gasteiger partial charge < -0.3 is 29.3 Å². The molecule has 1 aliphatic carbocycles. The van der Waals surface area contributed by atoms with Crippen molar-refractivity contribution in [2.24, 2.45) is 23.0 Å². The van der Waals surface area contributed by atoms with Crippen LogP contribution >= 0.6 is 0 Å². The molecule has 2 aromatic carbocycles. The maximum atomic E-state index is 14.1. The van der Waals surface area contributed by atoms with E-state index in [-0.39, 0.29) is 42.7 Å². The molecule has 2 fully saturated rings. The van der Waals surface area contributed by atoms with Gasteiger partial charge in [0, 0.05) is 12.2 Å². The molecule has 0 bridgehead atoms. The lowest BCUT2D eigenvalue weighted by Gasteiger charge is -2.59. The van der Waals surface area contributed by atoms with Gasteiger partial charge >= 0.3 is 19.1 Å². The second kappa shape index (κ2) is 16.8. The Balaban J connectivity index is 1.38. The monoisotopic (exact) mass is 740 g/mol. The van der Waals surface area contributed by atoms with Gasteiger partial charge in [0.05, 0.1) is 36.6 Å². The number of pyridine rings is 1. The molecule has 5 rings (SSSR count). The van der Waals surface area contributed by atoms with Gasteiger partial charge in [0.1, 0.15) is 29.6 Å². The summed E-state index contributed by atoms with van der Waals surface area (Å²) in [7, 11) is 0.787. The minimum absolute atomic E-state index is 0.00508. The normalized spacial score (nSPS) is 23.2. The van der Waals surface area contributed by atoms with Crippen LogP contribution in [-0.2, 0) is 47.8 Å². The van der Waals surface area contributed by atoms with E-state index in [9.17, 15) is 14.4 Å². The maximum absolute atomic E-state index is 14.1. The number of ether oxygens (including phenoxy) is 3. The van der Waals surface area contributed by atoms with Crippen LogP contribution in [0.15, 0.2) is 66.7 Å². The van der Waals surface area contributed by atoms with Gasteiger partial charge in [-0.15, -0.1) is 0 Å². The highest BCUT2D eigenvalue weighted by Crippen LogP contribution is 2.60. The first kappa shape index (κ1) is 41.1. The Morgan fingerprint density at radius 2 is 1.72 bits per heavy atom. The van der Waals surface area contributed by atoms with Crippen molar-refractivity contribution in [1.29, 1.82) is 0 Å². The zero-order valence-electron chi connectivity index (χ0n) is 33.3. The van der Waals surface area contributed by atoms with Crippen LogP contribution in [0.4, 0.5) is 0 Å². The molecule has 6 atom stereocenters. The molecule has 290 valence electrons. The second-order valence-electron chi connectivity index (χ2n) is 16.7. The second-order valence-corrected chi connectivity index (χ2v) is 16.7.